The smallest absolute Gasteiger partial charge is 0.222 e. The number of β-amino-alcohol motifs (C(OH)–C–C–N with tert-alkyl or cyclic N) is 1. The maximum atomic E-state index is 11.7. The van der Waals surface area contributed by atoms with Crippen LogP contribution < -0.4 is 0 Å². The lowest BCUT2D eigenvalue weighted by Gasteiger charge is -2.30. The normalized spacial score (nSPS) is 24.8. The fraction of sp³-hybridized carbons (Fsp3) is 0.909. The van der Waals surface area contributed by atoms with Crippen molar-refractivity contribution in [3.63, 3.8) is 0 Å². The van der Waals surface area contributed by atoms with Gasteiger partial charge in [-0.15, -0.1) is 0 Å². The molecule has 1 saturated heterocycles. The molecule has 0 spiro atoms. The van der Waals surface area contributed by atoms with E-state index in [2.05, 4.69) is 13.8 Å². The highest BCUT2D eigenvalue weighted by Gasteiger charge is 2.22. The average Bonchev–Trinajstić information content (AvgIpc) is 2.17. The second kappa shape index (κ2) is 5.35. The van der Waals surface area contributed by atoms with Crippen LogP contribution in [0.25, 0.3) is 0 Å². The summed E-state index contributed by atoms with van der Waals surface area (Å²) in [7, 11) is 0. The lowest BCUT2D eigenvalue weighted by Crippen LogP contribution is -2.42. The van der Waals surface area contributed by atoms with E-state index in [1.54, 1.807) is 4.90 Å². The van der Waals surface area contributed by atoms with Gasteiger partial charge in [-0.3, -0.25) is 4.79 Å². The molecule has 0 bridgehead atoms. The zero-order chi connectivity index (χ0) is 10.6. The number of carbonyl (C=O) groups excluding carboxylic acids is 1. The molecule has 1 heterocycles. The molecule has 0 aliphatic carbocycles. The number of amides is 1. The fourth-order valence-electron chi connectivity index (χ4n) is 1.75. The van der Waals surface area contributed by atoms with E-state index >= 15 is 0 Å². The maximum absolute atomic E-state index is 11.7. The molecule has 1 fully saturated rings. The molecule has 1 N–H and O–H groups in total. The molecule has 0 saturated carbocycles. The molecular weight excluding hydrogens is 178 g/mol. The van der Waals surface area contributed by atoms with Crippen molar-refractivity contribution < 1.29 is 9.90 Å². The minimum Gasteiger partial charge on any atom is -0.391 e. The second-order valence-electron chi connectivity index (χ2n) is 4.35. The molecule has 0 aromatic rings. The van der Waals surface area contributed by atoms with Crippen molar-refractivity contribution in [1.29, 1.82) is 0 Å². The Bertz CT molecular complexity index is 194. The first-order valence-corrected chi connectivity index (χ1v) is 5.59. The minimum atomic E-state index is -0.301. The summed E-state index contributed by atoms with van der Waals surface area (Å²) in [4.78, 5) is 13.5. The Morgan fingerprint density at radius 3 is 2.93 bits per heavy atom. The van der Waals surface area contributed by atoms with Crippen molar-refractivity contribution in [1.82, 2.24) is 4.90 Å². The van der Waals surface area contributed by atoms with Crippen LogP contribution in [0.4, 0.5) is 0 Å². The predicted octanol–water partition coefficient (Wildman–Crippen LogP) is 1.41. The summed E-state index contributed by atoms with van der Waals surface area (Å²) in [6.45, 7) is 5.56. The maximum Gasteiger partial charge on any atom is 0.222 e. The van der Waals surface area contributed by atoms with Crippen LogP contribution in [0.15, 0.2) is 0 Å². The van der Waals surface area contributed by atoms with Crippen LogP contribution in [0.3, 0.4) is 0 Å². The summed E-state index contributed by atoms with van der Waals surface area (Å²) in [5.74, 6) is 0.666. The molecule has 0 aromatic carbocycles. The Morgan fingerprint density at radius 1 is 1.64 bits per heavy atom. The van der Waals surface area contributed by atoms with E-state index in [9.17, 15) is 9.90 Å². The lowest BCUT2D eigenvalue weighted by atomic mass is 10.0. The van der Waals surface area contributed by atoms with Crippen molar-refractivity contribution in [2.75, 3.05) is 13.1 Å². The molecule has 0 aromatic heterocycles. The van der Waals surface area contributed by atoms with Gasteiger partial charge in [-0.2, -0.15) is 0 Å². The third-order valence-corrected chi connectivity index (χ3v) is 2.97. The molecule has 1 amide bonds. The zero-order valence-corrected chi connectivity index (χ0v) is 9.20. The van der Waals surface area contributed by atoms with Crippen molar-refractivity contribution in [2.24, 2.45) is 5.92 Å². The molecule has 1 aliphatic rings. The number of hydrogen-bond donors (Lipinski definition) is 1. The first-order valence-electron chi connectivity index (χ1n) is 5.59. The van der Waals surface area contributed by atoms with Crippen molar-refractivity contribution in [3.8, 4) is 0 Å². The number of piperidine rings is 1. The third-order valence-electron chi connectivity index (χ3n) is 2.97. The number of rotatable bonds is 3. The van der Waals surface area contributed by atoms with Gasteiger partial charge in [-0.25, -0.2) is 0 Å². The van der Waals surface area contributed by atoms with Gasteiger partial charge in [0.25, 0.3) is 0 Å². The summed E-state index contributed by atoms with van der Waals surface area (Å²) < 4.78 is 0. The number of hydrogen-bond acceptors (Lipinski definition) is 2. The summed E-state index contributed by atoms with van der Waals surface area (Å²) in [6.07, 6.45) is 3.15. The molecule has 14 heavy (non-hydrogen) atoms. The molecular formula is C11H21NO2. The van der Waals surface area contributed by atoms with Crippen LogP contribution in [0.2, 0.25) is 0 Å². The zero-order valence-electron chi connectivity index (χ0n) is 9.20. The van der Waals surface area contributed by atoms with E-state index in [0.29, 0.717) is 18.9 Å². The predicted molar refractivity (Wildman–Crippen MR) is 55.9 cm³/mol. The van der Waals surface area contributed by atoms with Gasteiger partial charge >= 0.3 is 0 Å². The average molecular weight is 199 g/mol. The first-order chi connectivity index (χ1) is 6.63. The van der Waals surface area contributed by atoms with Gasteiger partial charge in [0.05, 0.1) is 6.10 Å². The molecule has 82 valence electrons. The van der Waals surface area contributed by atoms with Crippen molar-refractivity contribution in [2.45, 2.75) is 45.6 Å². The Balaban J connectivity index is 2.36. The summed E-state index contributed by atoms with van der Waals surface area (Å²) in [6, 6.07) is 0. The summed E-state index contributed by atoms with van der Waals surface area (Å²) >= 11 is 0. The molecule has 0 radical (unpaired) electrons. The molecule has 1 rings (SSSR count). The highest BCUT2D eigenvalue weighted by Crippen LogP contribution is 2.14. The van der Waals surface area contributed by atoms with Crippen LogP contribution in [0.5, 0.6) is 0 Å². The van der Waals surface area contributed by atoms with Gasteiger partial charge in [0, 0.05) is 19.5 Å². The molecule has 3 heteroatoms. The number of likely N-dealkylation sites (tertiary alicyclic amines) is 1. The van der Waals surface area contributed by atoms with Gasteiger partial charge in [-0.1, -0.05) is 20.3 Å². The van der Waals surface area contributed by atoms with Crippen LogP contribution in [-0.4, -0.2) is 35.1 Å². The van der Waals surface area contributed by atoms with E-state index in [4.69, 9.17) is 0 Å². The molecule has 3 nitrogen and oxygen atoms in total. The standard InChI is InChI=1S/C11H21NO2/c1-3-9(2)7-11(14)12-6-4-5-10(13)8-12/h9-10,13H,3-8H2,1-2H3/t9-,10-/m0/s1. The highest BCUT2D eigenvalue weighted by molar-refractivity contribution is 5.76. The van der Waals surface area contributed by atoms with Gasteiger partial charge < -0.3 is 10.0 Å². The SMILES string of the molecule is CC[C@H](C)CC(=O)N1CCC[C@H](O)C1. The Morgan fingerprint density at radius 2 is 2.36 bits per heavy atom. The van der Waals surface area contributed by atoms with E-state index < -0.39 is 0 Å². The van der Waals surface area contributed by atoms with Gasteiger partial charge in [-0.05, 0) is 18.8 Å². The minimum absolute atomic E-state index is 0.207. The Hall–Kier alpha value is -0.570. The summed E-state index contributed by atoms with van der Waals surface area (Å²) in [5.41, 5.74) is 0. The van der Waals surface area contributed by atoms with E-state index in [1.165, 1.54) is 0 Å². The third kappa shape index (κ3) is 3.29. The number of nitrogens with zero attached hydrogens (tertiary/aromatic N) is 1. The fourth-order valence-corrected chi connectivity index (χ4v) is 1.75. The van der Waals surface area contributed by atoms with Crippen LogP contribution in [0, 0.1) is 5.92 Å². The largest absolute Gasteiger partial charge is 0.391 e. The van der Waals surface area contributed by atoms with Gasteiger partial charge in [0.15, 0.2) is 0 Å². The molecule has 1 aliphatic heterocycles. The first kappa shape index (κ1) is 11.5. The van der Waals surface area contributed by atoms with Crippen molar-refractivity contribution >= 4 is 5.91 Å². The molecule has 0 unspecified atom stereocenters. The quantitative estimate of drug-likeness (QED) is 0.746. The van der Waals surface area contributed by atoms with E-state index in [1.807, 2.05) is 0 Å². The monoisotopic (exact) mass is 199 g/mol. The second-order valence-corrected chi connectivity index (χ2v) is 4.35. The van der Waals surface area contributed by atoms with E-state index in [0.717, 1.165) is 25.8 Å². The number of aliphatic hydroxyl groups is 1. The van der Waals surface area contributed by atoms with E-state index in [-0.39, 0.29) is 12.0 Å². The Labute approximate surface area is 86.1 Å². The topological polar surface area (TPSA) is 40.5 Å². The Kier molecular flexibility index (Phi) is 4.39. The molecule has 2 atom stereocenters. The van der Waals surface area contributed by atoms with Crippen LogP contribution in [0.1, 0.15) is 39.5 Å². The highest BCUT2D eigenvalue weighted by atomic mass is 16.3. The summed E-state index contributed by atoms with van der Waals surface area (Å²) in [5, 5.41) is 9.43. The van der Waals surface area contributed by atoms with Gasteiger partial charge in [0.2, 0.25) is 5.91 Å². The number of carbonyl (C=O) groups is 1. The van der Waals surface area contributed by atoms with Crippen molar-refractivity contribution in [3.05, 3.63) is 0 Å². The van der Waals surface area contributed by atoms with Crippen LogP contribution in [-0.2, 0) is 4.79 Å². The lowest BCUT2D eigenvalue weighted by molar-refractivity contribution is -0.135. The van der Waals surface area contributed by atoms with Gasteiger partial charge in [0.1, 0.15) is 0 Å². The number of aliphatic hydroxyl groups excluding tert-OH is 1. The van der Waals surface area contributed by atoms with Crippen LogP contribution >= 0.6 is 0 Å².